The lowest BCUT2D eigenvalue weighted by atomic mass is 9.89. The molecule has 2 aliphatic heterocycles. The van der Waals surface area contributed by atoms with Gasteiger partial charge < -0.3 is 19.1 Å². The predicted molar refractivity (Wildman–Crippen MR) is 95.8 cm³/mol. The molecule has 2 fully saturated rings. The molecule has 0 bridgehead atoms. The number of morpholine rings is 1. The number of aryl methyl sites for hydroxylation is 1. The Morgan fingerprint density at radius 1 is 1.30 bits per heavy atom. The van der Waals surface area contributed by atoms with Crippen LogP contribution < -0.4 is 4.90 Å². The highest BCUT2D eigenvalue weighted by atomic mass is 19.1. The summed E-state index contributed by atoms with van der Waals surface area (Å²) in [5.41, 5.74) is 0.576. The van der Waals surface area contributed by atoms with E-state index in [-0.39, 0.29) is 24.2 Å². The zero-order valence-electron chi connectivity index (χ0n) is 15.1. The van der Waals surface area contributed by atoms with Crippen molar-refractivity contribution in [3.8, 4) is 0 Å². The molecule has 3 heterocycles. The number of hydrogen-bond acceptors (Lipinski definition) is 4. The second-order valence-corrected chi connectivity index (χ2v) is 7.11. The van der Waals surface area contributed by atoms with Crippen molar-refractivity contribution in [3.63, 3.8) is 0 Å². The highest BCUT2D eigenvalue weighted by Crippen LogP contribution is 2.33. The fraction of sp³-hybridized carbons (Fsp3) is 0.421. The summed E-state index contributed by atoms with van der Waals surface area (Å²) in [5.74, 6) is -0.615. The first-order chi connectivity index (χ1) is 13.0. The number of likely N-dealkylation sites (tertiary alicyclic amines) is 1. The van der Waals surface area contributed by atoms with Gasteiger partial charge in [0.05, 0.1) is 24.7 Å². The SMILES string of the molecule is Cn1cncc1C(=O)N1CCC2(CC1)CN(c1cccc(F)c1)C(=O)CO2. The van der Waals surface area contributed by atoms with Crippen molar-refractivity contribution >= 4 is 17.5 Å². The molecule has 1 aromatic carbocycles. The average molecular weight is 372 g/mol. The fourth-order valence-electron chi connectivity index (χ4n) is 3.74. The van der Waals surface area contributed by atoms with Gasteiger partial charge in [0.1, 0.15) is 18.1 Å². The van der Waals surface area contributed by atoms with Crippen LogP contribution in [-0.4, -0.2) is 58.1 Å². The van der Waals surface area contributed by atoms with Crippen LogP contribution in [0.5, 0.6) is 0 Å². The Kier molecular flexibility index (Phi) is 4.43. The van der Waals surface area contributed by atoms with E-state index in [1.54, 1.807) is 46.1 Å². The van der Waals surface area contributed by atoms with E-state index in [2.05, 4.69) is 4.98 Å². The van der Waals surface area contributed by atoms with Crippen molar-refractivity contribution in [2.24, 2.45) is 7.05 Å². The number of aromatic nitrogens is 2. The Labute approximate surface area is 156 Å². The number of ether oxygens (including phenoxy) is 1. The number of amides is 2. The Bertz CT molecular complexity index is 873. The summed E-state index contributed by atoms with van der Waals surface area (Å²) < 4.78 is 21.2. The third-order valence-corrected chi connectivity index (χ3v) is 5.37. The van der Waals surface area contributed by atoms with Crippen LogP contribution in [0.4, 0.5) is 10.1 Å². The smallest absolute Gasteiger partial charge is 0.272 e. The number of anilines is 1. The van der Waals surface area contributed by atoms with Gasteiger partial charge in [0.25, 0.3) is 11.8 Å². The van der Waals surface area contributed by atoms with Gasteiger partial charge in [-0.2, -0.15) is 0 Å². The molecule has 0 N–H and O–H groups in total. The Balaban J connectivity index is 1.47. The first-order valence-corrected chi connectivity index (χ1v) is 8.93. The number of halogens is 1. The van der Waals surface area contributed by atoms with Crippen molar-refractivity contribution < 1.29 is 18.7 Å². The molecule has 0 radical (unpaired) electrons. The third kappa shape index (κ3) is 3.32. The minimum atomic E-state index is -0.510. The van der Waals surface area contributed by atoms with Crippen LogP contribution in [0.15, 0.2) is 36.8 Å². The van der Waals surface area contributed by atoms with Gasteiger partial charge in [-0.1, -0.05) is 6.07 Å². The molecule has 0 aliphatic carbocycles. The highest BCUT2D eigenvalue weighted by Gasteiger charge is 2.43. The summed E-state index contributed by atoms with van der Waals surface area (Å²) in [5, 5.41) is 0. The molecule has 2 aliphatic rings. The second kappa shape index (κ2) is 6.77. The molecule has 142 valence electrons. The largest absolute Gasteiger partial charge is 0.363 e. The molecule has 2 amide bonds. The average Bonchev–Trinajstić information content (AvgIpc) is 3.10. The Hall–Kier alpha value is -2.74. The number of piperidine rings is 1. The topological polar surface area (TPSA) is 67.7 Å². The van der Waals surface area contributed by atoms with Gasteiger partial charge in [-0.05, 0) is 31.0 Å². The molecule has 8 heteroatoms. The van der Waals surface area contributed by atoms with E-state index in [1.165, 1.54) is 12.1 Å². The lowest BCUT2D eigenvalue weighted by molar-refractivity contribution is -0.143. The van der Waals surface area contributed by atoms with Crippen molar-refractivity contribution in [1.82, 2.24) is 14.5 Å². The van der Waals surface area contributed by atoms with Gasteiger partial charge >= 0.3 is 0 Å². The van der Waals surface area contributed by atoms with Crippen molar-refractivity contribution in [2.75, 3.05) is 31.1 Å². The third-order valence-electron chi connectivity index (χ3n) is 5.37. The van der Waals surface area contributed by atoms with Gasteiger partial charge in [0.2, 0.25) is 0 Å². The second-order valence-electron chi connectivity index (χ2n) is 7.11. The van der Waals surface area contributed by atoms with Crippen molar-refractivity contribution in [2.45, 2.75) is 18.4 Å². The van der Waals surface area contributed by atoms with Crippen LogP contribution >= 0.6 is 0 Å². The Morgan fingerprint density at radius 3 is 2.74 bits per heavy atom. The molecule has 1 spiro atoms. The summed E-state index contributed by atoms with van der Waals surface area (Å²) >= 11 is 0. The highest BCUT2D eigenvalue weighted by molar-refractivity contribution is 5.95. The van der Waals surface area contributed by atoms with Crippen molar-refractivity contribution in [1.29, 1.82) is 0 Å². The number of carbonyl (C=O) groups is 2. The van der Waals surface area contributed by atoms with Crippen LogP contribution in [0.2, 0.25) is 0 Å². The van der Waals surface area contributed by atoms with E-state index in [4.69, 9.17) is 4.74 Å². The normalized spacial score (nSPS) is 19.6. The number of nitrogens with zero attached hydrogens (tertiary/aromatic N) is 4. The summed E-state index contributed by atoms with van der Waals surface area (Å²) in [7, 11) is 1.79. The van der Waals surface area contributed by atoms with Crippen LogP contribution in [0.25, 0.3) is 0 Å². The van der Waals surface area contributed by atoms with Gasteiger partial charge in [-0.25, -0.2) is 9.37 Å². The first kappa shape index (κ1) is 17.7. The number of carbonyl (C=O) groups excluding carboxylic acids is 2. The maximum atomic E-state index is 13.6. The number of hydrogen-bond donors (Lipinski definition) is 0. The zero-order valence-corrected chi connectivity index (χ0v) is 15.1. The van der Waals surface area contributed by atoms with E-state index >= 15 is 0 Å². The standard InChI is InChI=1S/C19H21FN4O3/c1-22-13-21-10-16(22)18(26)23-7-5-19(6-8-23)12-24(17(25)11-27-19)15-4-2-3-14(20)9-15/h2-4,9-10,13H,5-8,11-12H2,1H3. The number of rotatable bonds is 2. The first-order valence-electron chi connectivity index (χ1n) is 8.93. The molecule has 1 aromatic heterocycles. The molecule has 7 nitrogen and oxygen atoms in total. The summed E-state index contributed by atoms with van der Waals surface area (Å²) in [6.45, 7) is 1.40. The lowest BCUT2D eigenvalue weighted by Crippen LogP contribution is -2.59. The number of imidazole rings is 1. The molecule has 0 unspecified atom stereocenters. The zero-order chi connectivity index (χ0) is 19.0. The summed E-state index contributed by atoms with van der Waals surface area (Å²) in [4.78, 5) is 32.3. The van der Waals surface area contributed by atoms with Crippen LogP contribution in [0.1, 0.15) is 23.3 Å². The van der Waals surface area contributed by atoms with E-state index < -0.39 is 5.60 Å². The minimum absolute atomic E-state index is 0.0355. The molecular formula is C19H21FN4O3. The van der Waals surface area contributed by atoms with Gasteiger partial charge in [0, 0.05) is 25.8 Å². The minimum Gasteiger partial charge on any atom is -0.363 e. The van der Waals surface area contributed by atoms with Crippen LogP contribution in [0, 0.1) is 5.82 Å². The quantitative estimate of drug-likeness (QED) is 0.803. The molecule has 0 saturated carbocycles. The molecule has 2 saturated heterocycles. The molecule has 0 atom stereocenters. The van der Waals surface area contributed by atoms with Gasteiger partial charge in [0.15, 0.2) is 0 Å². The van der Waals surface area contributed by atoms with E-state index in [1.807, 2.05) is 0 Å². The predicted octanol–water partition coefficient (Wildman–Crippen LogP) is 1.60. The monoisotopic (exact) mass is 372 g/mol. The van der Waals surface area contributed by atoms with Crippen LogP contribution in [-0.2, 0) is 16.6 Å². The summed E-state index contributed by atoms with van der Waals surface area (Å²) in [6, 6.07) is 6.03. The maximum Gasteiger partial charge on any atom is 0.272 e. The number of benzene rings is 1. The molecule has 4 rings (SSSR count). The summed E-state index contributed by atoms with van der Waals surface area (Å²) in [6.07, 6.45) is 4.41. The molecule has 2 aromatic rings. The molecular weight excluding hydrogens is 351 g/mol. The van der Waals surface area contributed by atoms with E-state index in [9.17, 15) is 14.0 Å². The van der Waals surface area contributed by atoms with Crippen molar-refractivity contribution in [3.05, 3.63) is 48.3 Å². The van der Waals surface area contributed by atoms with Gasteiger partial charge in [-0.15, -0.1) is 0 Å². The maximum absolute atomic E-state index is 13.6. The molecule has 27 heavy (non-hydrogen) atoms. The van der Waals surface area contributed by atoms with E-state index in [0.717, 1.165) is 0 Å². The van der Waals surface area contributed by atoms with Crippen LogP contribution in [0.3, 0.4) is 0 Å². The fourth-order valence-corrected chi connectivity index (χ4v) is 3.74. The van der Waals surface area contributed by atoms with Gasteiger partial charge in [-0.3, -0.25) is 9.59 Å². The van der Waals surface area contributed by atoms with E-state index in [0.29, 0.717) is 43.9 Å². The Morgan fingerprint density at radius 2 is 2.07 bits per heavy atom. The lowest BCUT2D eigenvalue weighted by Gasteiger charge is -2.46.